The lowest BCUT2D eigenvalue weighted by molar-refractivity contribution is -0.137. The maximum Gasteiger partial charge on any atom is 0.416 e. The molecule has 0 aliphatic carbocycles. The molecule has 1 saturated heterocycles. The Bertz CT molecular complexity index is 572. The van der Waals surface area contributed by atoms with Gasteiger partial charge in [-0.2, -0.15) is 17.5 Å². The molecular formula is C11H12F3NO2S2. The van der Waals surface area contributed by atoms with Gasteiger partial charge in [0.25, 0.3) is 0 Å². The van der Waals surface area contributed by atoms with E-state index in [-0.39, 0.29) is 10.3 Å². The lowest BCUT2D eigenvalue weighted by Gasteiger charge is -2.20. The van der Waals surface area contributed by atoms with Gasteiger partial charge in [0.15, 0.2) is 0 Å². The predicted molar refractivity (Wildman–Crippen MR) is 67.3 cm³/mol. The van der Waals surface area contributed by atoms with Gasteiger partial charge in [0.1, 0.15) is 0 Å². The summed E-state index contributed by atoms with van der Waals surface area (Å²) < 4.78 is 63.6. The highest BCUT2D eigenvalue weighted by atomic mass is 32.2. The van der Waals surface area contributed by atoms with Crippen molar-refractivity contribution in [3.05, 3.63) is 29.8 Å². The molecular weight excluding hydrogens is 299 g/mol. The monoisotopic (exact) mass is 311 g/mol. The Balaban J connectivity index is 2.41. The molecule has 0 spiro atoms. The van der Waals surface area contributed by atoms with Crippen LogP contribution in [0.15, 0.2) is 29.2 Å². The van der Waals surface area contributed by atoms with Crippen LogP contribution in [0.4, 0.5) is 13.2 Å². The van der Waals surface area contributed by atoms with Gasteiger partial charge >= 0.3 is 6.18 Å². The van der Waals surface area contributed by atoms with Crippen LogP contribution < -0.4 is 0 Å². The molecule has 106 valence electrons. The van der Waals surface area contributed by atoms with E-state index in [9.17, 15) is 21.6 Å². The smallest absolute Gasteiger partial charge is 0.207 e. The summed E-state index contributed by atoms with van der Waals surface area (Å²) in [6, 6.07) is 3.86. The minimum Gasteiger partial charge on any atom is -0.207 e. The molecule has 0 amide bonds. The molecule has 1 aromatic rings. The molecule has 0 radical (unpaired) electrons. The molecule has 3 nitrogen and oxygen atoms in total. The van der Waals surface area contributed by atoms with Crippen molar-refractivity contribution in [3.8, 4) is 0 Å². The molecule has 0 N–H and O–H groups in total. The fourth-order valence-electron chi connectivity index (χ4n) is 1.86. The summed E-state index contributed by atoms with van der Waals surface area (Å²) in [5, 5.41) is -0.250. The number of hydrogen-bond donors (Lipinski definition) is 0. The second kappa shape index (κ2) is 4.99. The highest BCUT2D eigenvalue weighted by Gasteiger charge is 2.36. The third-order valence-corrected chi connectivity index (χ3v) is 6.10. The molecule has 1 aliphatic rings. The highest BCUT2D eigenvalue weighted by molar-refractivity contribution is 8.01. The maximum absolute atomic E-state index is 12.6. The van der Waals surface area contributed by atoms with E-state index >= 15 is 0 Å². The molecule has 1 aliphatic heterocycles. The SMILES string of the molecule is CC1SCCN1S(=O)(=O)c1cccc(C(F)(F)F)c1. The number of sulfonamides is 1. The van der Waals surface area contributed by atoms with E-state index in [2.05, 4.69) is 0 Å². The van der Waals surface area contributed by atoms with E-state index in [1.54, 1.807) is 6.92 Å². The van der Waals surface area contributed by atoms with Crippen LogP contribution in [-0.4, -0.2) is 30.4 Å². The van der Waals surface area contributed by atoms with Crippen molar-refractivity contribution in [3.63, 3.8) is 0 Å². The number of rotatable bonds is 2. The molecule has 0 saturated carbocycles. The van der Waals surface area contributed by atoms with E-state index in [1.807, 2.05) is 0 Å². The van der Waals surface area contributed by atoms with Gasteiger partial charge in [-0.15, -0.1) is 11.8 Å². The lowest BCUT2D eigenvalue weighted by atomic mass is 10.2. The van der Waals surface area contributed by atoms with Crippen molar-refractivity contribution < 1.29 is 21.6 Å². The van der Waals surface area contributed by atoms with E-state index in [4.69, 9.17) is 0 Å². The zero-order chi connectivity index (χ0) is 14.3. The second-order valence-electron chi connectivity index (χ2n) is 4.11. The van der Waals surface area contributed by atoms with Gasteiger partial charge in [0.05, 0.1) is 15.8 Å². The minimum atomic E-state index is -4.54. The second-order valence-corrected chi connectivity index (χ2v) is 7.43. The van der Waals surface area contributed by atoms with Crippen molar-refractivity contribution >= 4 is 21.8 Å². The standard InChI is InChI=1S/C11H12F3NO2S2/c1-8-15(5-6-18-8)19(16,17)10-4-2-3-9(7-10)11(12,13)14/h2-4,7-8H,5-6H2,1H3. The molecule has 1 fully saturated rings. The zero-order valence-electron chi connectivity index (χ0n) is 10.0. The first kappa shape index (κ1) is 14.7. The van der Waals surface area contributed by atoms with Crippen LogP contribution >= 0.6 is 11.8 Å². The van der Waals surface area contributed by atoms with Gasteiger partial charge in [-0.1, -0.05) is 6.07 Å². The summed E-state index contributed by atoms with van der Waals surface area (Å²) in [6.45, 7) is 2.05. The number of hydrogen-bond acceptors (Lipinski definition) is 3. The van der Waals surface area contributed by atoms with Crippen LogP contribution in [0.3, 0.4) is 0 Å². The summed E-state index contributed by atoms with van der Waals surface area (Å²) in [7, 11) is -3.86. The molecule has 1 aromatic carbocycles. The van der Waals surface area contributed by atoms with E-state index < -0.39 is 21.8 Å². The number of benzene rings is 1. The Labute approximate surface area is 113 Å². The number of alkyl halides is 3. The Morgan fingerprint density at radius 2 is 2.05 bits per heavy atom. The first-order chi connectivity index (χ1) is 8.73. The Morgan fingerprint density at radius 3 is 2.58 bits per heavy atom. The number of thioether (sulfide) groups is 1. The van der Waals surface area contributed by atoms with Gasteiger partial charge in [-0.3, -0.25) is 0 Å². The normalized spacial score (nSPS) is 21.8. The van der Waals surface area contributed by atoms with Crippen molar-refractivity contribution in [2.24, 2.45) is 0 Å². The summed E-state index contributed by atoms with van der Waals surface area (Å²) in [4.78, 5) is -0.309. The molecule has 1 unspecified atom stereocenters. The molecule has 1 heterocycles. The van der Waals surface area contributed by atoms with Crippen LogP contribution in [0.25, 0.3) is 0 Å². The Morgan fingerprint density at radius 1 is 1.37 bits per heavy atom. The van der Waals surface area contributed by atoms with Gasteiger partial charge in [-0.05, 0) is 25.1 Å². The topological polar surface area (TPSA) is 37.4 Å². The van der Waals surface area contributed by atoms with Crippen LogP contribution in [0, 0.1) is 0 Å². The average molecular weight is 311 g/mol. The highest BCUT2D eigenvalue weighted by Crippen LogP contribution is 2.33. The summed E-state index contributed by atoms with van der Waals surface area (Å²) in [6.07, 6.45) is -4.54. The first-order valence-corrected chi connectivity index (χ1v) is 8.02. The lowest BCUT2D eigenvalue weighted by Crippen LogP contribution is -2.33. The third-order valence-electron chi connectivity index (χ3n) is 2.84. The quantitative estimate of drug-likeness (QED) is 0.843. The van der Waals surface area contributed by atoms with Crippen molar-refractivity contribution in [2.45, 2.75) is 23.4 Å². The van der Waals surface area contributed by atoms with Gasteiger partial charge < -0.3 is 0 Å². The van der Waals surface area contributed by atoms with Crippen LogP contribution in [-0.2, 0) is 16.2 Å². The molecule has 0 bridgehead atoms. The number of nitrogens with zero attached hydrogens (tertiary/aromatic N) is 1. The van der Waals surface area contributed by atoms with E-state index in [0.29, 0.717) is 18.4 Å². The van der Waals surface area contributed by atoms with E-state index in [0.717, 1.165) is 12.1 Å². The Kier molecular flexibility index (Phi) is 3.85. The first-order valence-electron chi connectivity index (χ1n) is 5.53. The molecule has 8 heteroatoms. The molecule has 0 aromatic heterocycles. The van der Waals surface area contributed by atoms with Gasteiger partial charge in [-0.25, -0.2) is 8.42 Å². The largest absolute Gasteiger partial charge is 0.416 e. The van der Waals surface area contributed by atoms with Crippen LogP contribution in [0.1, 0.15) is 12.5 Å². The summed E-state index contributed by atoms with van der Waals surface area (Å²) >= 11 is 1.46. The predicted octanol–water partition coefficient (Wildman–Crippen LogP) is 2.79. The summed E-state index contributed by atoms with van der Waals surface area (Å²) in [5.74, 6) is 0.652. The Hall–Kier alpha value is -0.730. The fraction of sp³-hybridized carbons (Fsp3) is 0.455. The van der Waals surface area contributed by atoms with Crippen molar-refractivity contribution in [1.29, 1.82) is 0 Å². The van der Waals surface area contributed by atoms with Crippen molar-refractivity contribution in [1.82, 2.24) is 4.31 Å². The molecule has 2 rings (SSSR count). The van der Waals surface area contributed by atoms with E-state index in [1.165, 1.54) is 22.1 Å². The molecule has 19 heavy (non-hydrogen) atoms. The fourth-order valence-corrected chi connectivity index (χ4v) is 4.93. The van der Waals surface area contributed by atoms with Crippen LogP contribution in [0.5, 0.6) is 0 Å². The van der Waals surface area contributed by atoms with Crippen LogP contribution in [0.2, 0.25) is 0 Å². The van der Waals surface area contributed by atoms with Gasteiger partial charge in [0.2, 0.25) is 10.0 Å². The maximum atomic E-state index is 12.6. The van der Waals surface area contributed by atoms with Crippen molar-refractivity contribution in [2.75, 3.05) is 12.3 Å². The zero-order valence-corrected chi connectivity index (χ0v) is 11.6. The number of halogens is 3. The molecule has 1 atom stereocenters. The van der Waals surface area contributed by atoms with Gasteiger partial charge in [0, 0.05) is 12.3 Å². The average Bonchev–Trinajstić information content (AvgIpc) is 2.75. The summed E-state index contributed by atoms with van der Waals surface area (Å²) in [5.41, 5.74) is -0.951. The third kappa shape index (κ3) is 2.90. The minimum absolute atomic E-state index is 0.250.